The summed E-state index contributed by atoms with van der Waals surface area (Å²) >= 11 is 0. The molecule has 0 bridgehead atoms. The van der Waals surface area contributed by atoms with E-state index in [4.69, 9.17) is 10.9 Å². The zero-order chi connectivity index (χ0) is 14.0. The van der Waals surface area contributed by atoms with Crippen molar-refractivity contribution in [3.63, 3.8) is 0 Å². The number of oxime groups is 1. The lowest BCUT2D eigenvalue weighted by atomic mass is 10.1. The van der Waals surface area contributed by atoms with Gasteiger partial charge in [-0.05, 0) is 38.5 Å². The van der Waals surface area contributed by atoms with Crippen LogP contribution >= 0.6 is 0 Å². The van der Waals surface area contributed by atoms with Crippen LogP contribution in [0, 0.1) is 6.92 Å². The maximum atomic E-state index is 12.1. The minimum Gasteiger partial charge on any atom is -0.409 e. The average molecular weight is 271 g/mol. The molecule has 0 spiro atoms. The Morgan fingerprint density at radius 1 is 1.44 bits per heavy atom. The summed E-state index contributed by atoms with van der Waals surface area (Å²) in [5.74, 6) is -0.210. The number of rotatable bonds is 4. The maximum absolute atomic E-state index is 12.1. The quantitative estimate of drug-likeness (QED) is 0.326. The van der Waals surface area contributed by atoms with Crippen LogP contribution in [0.25, 0.3) is 0 Å². The van der Waals surface area contributed by atoms with Gasteiger partial charge in [0.05, 0.1) is 10.4 Å². The van der Waals surface area contributed by atoms with Crippen LogP contribution in [0.3, 0.4) is 0 Å². The van der Waals surface area contributed by atoms with Crippen LogP contribution in [-0.4, -0.2) is 25.0 Å². The molecular weight excluding hydrogens is 254 g/mol. The van der Waals surface area contributed by atoms with E-state index in [1.165, 1.54) is 19.9 Å². The van der Waals surface area contributed by atoms with Crippen LogP contribution in [0.5, 0.6) is 0 Å². The lowest BCUT2D eigenvalue weighted by molar-refractivity contribution is 0.312. The first-order valence-electron chi connectivity index (χ1n) is 5.28. The molecule has 0 aliphatic carbocycles. The number of amidine groups is 1. The zero-order valence-electron chi connectivity index (χ0n) is 10.5. The van der Waals surface area contributed by atoms with Gasteiger partial charge in [-0.15, -0.1) is 0 Å². The zero-order valence-corrected chi connectivity index (χ0v) is 11.3. The van der Waals surface area contributed by atoms with Gasteiger partial charge in [0.2, 0.25) is 10.0 Å². The topological polar surface area (TPSA) is 105 Å². The Balaban J connectivity index is 3.10. The predicted molar refractivity (Wildman–Crippen MR) is 69.0 cm³/mol. The van der Waals surface area contributed by atoms with Crippen LogP contribution < -0.4 is 10.5 Å². The van der Waals surface area contributed by atoms with Crippen molar-refractivity contribution in [1.82, 2.24) is 4.72 Å². The van der Waals surface area contributed by atoms with E-state index >= 15 is 0 Å². The number of aryl methyl sites for hydroxylation is 1. The molecule has 0 radical (unpaired) electrons. The van der Waals surface area contributed by atoms with Crippen molar-refractivity contribution in [3.05, 3.63) is 29.8 Å². The molecule has 18 heavy (non-hydrogen) atoms. The molecule has 7 heteroatoms. The first kappa shape index (κ1) is 14.5. The van der Waals surface area contributed by atoms with E-state index in [9.17, 15) is 8.42 Å². The second-order valence-electron chi connectivity index (χ2n) is 4.53. The fourth-order valence-corrected chi connectivity index (χ4v) is 2.85. The Kier molecular flexibility index (Phi) is 3.98. The highest BCUT2D eigenvalue weighted by Gasteiger charge is 2.30. The van der Waals surface area contributed by atoms with Gasteiger partial charge in [0.15, 0.2) is 5.84 Å². The van der Waals surface area contributed by atoms with Gasteiger partial charge in [-0.2, -0.15) is 4.72 Å². The van der Waals surface area contributed by atoms with E-state index < -0.39 is 15.6 Å². The maximum Gasteiger partial charge on any atom is 0.241 e. The molecule has 0 aliphatic rings. The van der Waals surface area contributed by atoms with Gasteiger partial charge in [0.1, 0.15) is 0 Å². The van der Waals surface area contributed by atoms with Crippen LogP contribution in [0.2, 0.25) is 0 Å². The van der Waals surface area contributed by atoms with E-state index in [-0.39, 0.29) is 10.7 Å². The Hall–Kier alpha value is -1.60. The van der Waals surface area contributed by atoms with E-state index in [0.29, 0.717) is 0 Å². The van der Waals surface area contributed by atoms with Crippen molar-refractivity contribution in [1.29, 1.82) is 0 Å². The van der Waals surface area contributed by atoms with E-state index in [1.54, 1.807) is 25.1 Å². The lowest BCUT2D eigenvalue weighted by Crippen LogP contribution is -2.52. The molecule has 6 nitrogen and oxygen atoms in total. The molecule has 0 heterocycles. The van der Waals surface area contributed by atoms with Crippen LogP contribution in [-0.2, 0) is 10.0 Å². The van der Waals surface area contributed by atoms with Crippen molar-refractivity contribution in [2.45, 2.75) is 31.2 Å². The summed E-state index contributed by atoms with van der Waals surface area (Å²) in [7, 11) is -3.72. The van der Waals surface area contributed by atoms with Crippen LogP contribution in [0.15, 0.2) is 34.3 Å². The summed E-state index contributed by atoms with van der Waals surface area (Å²) in [6.07, 6.45) is 0. The summed E-state index contributed by atoms with van der Waals surface area (Å²) in [6, 6.07) is 6.48. The molecule has 0 saturated carbocycles. The van der Waals surface area contributed by atoms with Crippen molar-refractivity contribution >= 4 is 15.9 Å². The highest BCUT2D eigenvalue weighted by atomic mass is 32.2. The van der Waals surface area contributed by atoms with Gasteiger partial charge in [-0.3, -0.25) is 0 Å². The van der Waals surface area contributed by atoms with E-state index in [2.05, 4.69) is 9.88 Å². The van der Waals surface area contributed by atoms with E-state index in [1.807, 2.05) is 0 Å². The molecule has 4 N–H and O–H groups in total. The minimum atomic E-state index is -3.72. The number of nitrogens with one attached hydrogen (secondary N) is 1. The SMILES string of the molecule is Cc1cccc(S(=O)(=O)NC(C)(C)/C(N)=N/O)c1. The third-order valence-corrected chi connectivity index (χ3v) is 4.09. The number of nitrogens with two attached hydrogens (primary N) is 1. The Labute approximate surface area is 107 Å². The summed E-state index contributed by atoms with van der Waals surface area (Å²) in [4.78, 5) is 0.140. The molecule has 0 fully saturated rings. The van der Waals surface area contributed by atoms with Gasteiger partial charge >= 0.3 is 0 Å². The normalized spacial score (nSPS) is 13.6. The minimum absolute atomic E-state index is 0.140. The van der Waals surface area contributed by atoms with Gasteiger partial charge in [-0.25, -0.2) is 8.42 Å². The second-order valence-corrected chi connectivity index (χ2v) is 6.21. The molecule has 100 valence electrons. The standard InChI is InChI=1S/C11H17N3O3S/c1-8-5-4-6-9(7-8)18(16,17)14-11(2,3)10(12)13-15/h4-7,14-15H,1-3H3,(H2,12,13). The van der Waals surface area contributed by atoms with E-state index in [0.717, 1.165) is 5.56 Å². The molecular formula is C11H17N3O3S. The fraction of sp³-hybridized carbons (Fsp3) is 0.364. The third kappa shape index (κ3) is 3.21. The highest BCUT2D eigenvalue weighted by molar-refractivity contribution is 7.89. The summed E-state index contributed by atoms with van der Waals surface area (Å²) < 4.78 is 26.6. The first-order valence-corrected chi connectivity index (χ1v) is 6.76. The average Bonchev–Trinajstić information content (AvgIpc) is 2.26. The van der Waals surface area contributed by atoms with Gasteiger partial charge < -0.3 is 10.9 Å². The van der Waals surface area contributed by atoms with Crippen molar-refractivity contribution < 1.29 is 13.6 Å². The molecule has 0 saturated heterocycles. The van der Waals surface area contributed by atoms with Crippen molar-refractivity contribution in [2.75, 3.05) is 0 Å². The molecule has 0 aromatic heterocycles. The Morgan fingerprint density at radius 3 is 2.56 bits per heavy atom. The van der Waals surface area contributed by atoms with Crippen molar-refractivity contribution in [3.8, 4) is 0 Å². The summed E-state index contributed by atoms with van der Waals surface area (Å²) in [5.41, 5.74) is 5.10. The molecule has 1 rings (SSSR count). The van der Waals surface area contributed by atoms with Gasteiger partial charge in [0, 0.05) is 0 Å². The monoisotopic (exact) mass is 271 g/mol. The number of hydrogen-bond acceptors (Lipinski definition) is 4. The number of benzene rings is 1. The van der Waals surface area contributed by atoms with Gasteiger partial charge in [0.25, 0.3) is 0 Å². The number of sulfonamides is 1. The summed E-state index contributed by atoms with van der Waals surface area (Å²) in [5, 5.41) is 11.4. The van der Waals surface area contributed by atoms with Gasteiger partial charge in [-0.1, -0.05) is 17.3 Å². The smallest absolute Gasteiger partial charge is 0.241 e. The van der Waals surface area contributed by atoms with Crippen LogP contribution in [0.1, 0.15) is 19.4 Å². The Bertz CT molecular complexity index is 565. The molecule has 0 atom stereocenters. The predicted octanol–water partition coefficient (Wildman–Crippen LogP) is 0.798. The first-order chi connectivity index (χ1) is 8.19. The Morgan fingerprint density at radius 2 is 2.06 bits per heavy atom. The second kappa shape index (κ2) is 4.95. The molecule has 1 aromatic rings. The highest BCUT2D eigenvalue weighted by Crippen LogP contribution is 2.14. The fourth-order valence-electron chi connectivity index (χ4n) is 1.35. The third-order valence-electron chi connectivity index (χ3n) is 2.44. The molecule has 0 amide bonds. The molecule has 1 aromatic carbocycles. The molecule has 0 aliphatic heterocycles. The van der Waals surface area contributed by atoms with Crippen LogP contribution in [0.4, 0.5) is 0 Å². The molecule has 0 unspecified atom stereocenters. The van der Waals surface area contributed by atoms with Crippen molar-refractivity contribution in [2.24, 2.45) is 10.9 Å². The largest absolute Gasteiger partial charge is 0.409 e. The lowest BCUT2D eigenvalue weighted by Gasteiger charge is -2.24. The summed E-state index contributed by atoms with van der Waals surface area (Å²) in [6.45, 7) is 4.82. The number of hydrogen-bond donors (Lipinski definition) is 3. The number of nitrogens with zero attached hydrogens (tertiary/aromatic N) is 1.